The second kappa shape index (κ2) is 13.0. The normalized spacial score (nSPS) is 13.9. The monoisotopic (exact) mass is 535 g/mol. The van der Waals surface area contributed by atoms with E-state index in [-0.39, 0.29) is 11.8 Å². The van der Waals surface area contributed by atoms with Crippen LogP contribution in [0.15, 0.2) is 18.2 Å². The molecule has 0 aliphatic rings. The average molecular weight is 536 g/mol. The summed E-state index contributed by atoms with van der Waals surface area (Å²) < 4.78 is 5.48. The van der Waals surface area contributed by atoms with Gasteiger partial charge < -0.3 is 20.3 Å². The van der Waals surface area contributed by atoms with E-state index in [2.05, 4.69) is 10.6 Å². The van der Waals surface area contributed by atoms with Crippen molar-refractivity contribution in [1.29, 1.82) is 0 Å². The highest BCUT2D eigenvalue weighted by molar-refractivity contribution is 7.98. The van der Waals surface area contributed by atoms with E-state index < -0.39 is 34.9 Å². The van der Waals surface area contributed by atoms with Gasteiger partial charge in [-0.1, -0.05) is 25.1 Å². The fraction of sp³-hybridized carbons (Fsp3) is 0.690. The molecule has 1 aromatic carbocycles. The van der Waals surface area contributed by atoms with E-state index in [1.54, 1.807) is 37.4 Å². The molecule has 0 saturated carbocycles. The molecule has 210 valence electrons. The van der Waals surface area contributed by atoms with Crippen molar-refractivity contribution in [3.05, 3.63) is 34.9 Å². The maximum atomic E-state index is 14.4. The van der Waals surface area contributed by atoms with Crippen molar-refractivity contribution >= 4 is 29.7 Å². The minimum Gasteiger partial charge on any atom is -0.444 e. The van der Waals surface area contributed by atoms with Gasteiger partial charge in [0.1, 0.15) is 17.7 Å². The topological polar surface area (TPSA) is 87.7 Å². The molecule has 2 N–H and O–H groups in total. The van der Waals surface area contributed by atoms with Crippen LogP contribution in [0.1, 0.15) is 97.9 Å². The molecule has 0 bridgehead atoms. The lowest BCUT2D eigenvalue weighted by Crippen LogP contribution is -2.60. The summed E-state index contributed by atoms with van der Waals surface area (Å²) in [4.78, 5) is 42.8. The standard InChI is InChI=1S/C29H49N3O4S/c1-13-29(10,11)32(25(34)22(17-18-37-12)30-26(35)36-28(7,8)9)23(24(33)31-27(4,5)6)21-16-14-15-19(2)20(21)3/h14-16,22-23H,13,17-18H2,1-12H3,(H,30,35)(H,31,33). The SMILES string of the molecule is CCC(C)(C)N(C(=O)C(CCSC)NC(=O)OC(C)(C)C)C(C(=O)NC(C)(C)C)c1cccc(C)c1C. The Morgan fingerprint density at radius 3 is 2.11 bits per heavy atom. The molecule has 0 aliphatic heterocycles. The van der Waals surface area contributed by atoms with Crippen LogP contribution in [0.2, 0.25) is 0 Å². The highest BCUT2D eigenvalue weighted by Gasteiger charge is 2.44. The Kier molecular flexibility index (Phi) is 11.6. The van der Waals surface area contributed by atoms with Crippen LogP contribution >= 0.6 is 11.8 Å². The lowest BCUT2D eigenvalue weighted by Gasteiger charge is -2.45. The molecular formula is C29H49N3O4S. The van der Waals surface area contributed by atoms with Crippen LogP contribution in [-0.2, 0) is 14.3 Å². The maximum absolute atomic E-state index is 14.4. The summed E-state index contributed by atoms with van der Waals surface area (Å²) >= 11 is 1.59. The first-order chi connectivity index (χ1) is 16.8. The molecule has 3 amide bonds. The highest BCUT2D eigenvalue weighted by Crippen LogP contribution is 2.35. The van der Waals surface area contributed by atoms with E-state index in [1.807, 2.05) is 79.8 Å². The van der Waals surface area contributed by atoms with Crippen molar-refractivity contribution in [3.8, 4) is 0 Å². The van der Waals surface area contributed by atoms with Gasteiger partial charge in [0.25, 0.3) is 0 Å². The summed E-state index contributed by atoms with van der Waals surface area (Å²) in [6, 6.07) is 4.11. The zero-order valence-corrected chi connectivity index (χ0v) is 25.8. The molecule has 0 saturated heterocycles. The number of thioether (sulfide) groups is 1. The predicted octanol–water partition coefficient (Wildman–Crippen LogP) is 5.92. The zero-order valence-electron chi connectivity index (χ0n) is 25.0. The number of hydrogen-bond acceptors (Lipinski definition) is 5. The largest absolute Gasteiger partial charge is 0.444 e. The number of carbonyl (C=O) groups excluding carboxylic acids is 3. The molecule has 1 rings (SSSR count). The first kappa shape index (κ1) is 32.8. The van der Waals surface area contributed by atoms with Gasteiger partial charge in [-0.2, -0.15) is 11.8 Å². The third-order valence-electron chi connectivity index (χ3n) is 6.30. The number of nitrogens with zero attached hydrogens (tertiary/aromatic N) is 1. The number of aryl methyl sites for hydroxylation is 1. The van der Waals surface area contributed by atoms with Gasteiger partial charge in [0.15, 0.2) is 0 Å². The van der Waals surface area contributed by atoms with Crippen molar-refractivity contribution in [1.82, 2.24) is 15.5 Å². The van der Waals surface area contributed by atoms with Crippen molar-refractivity contribution < 1.29 is 19.1 Å². The molecule has 0 spiro atoms. The van der Waals surface area contributed by atoms with Crippen LogP contribution in [0.4, 0.5) is 4.79 Å². The van der Waals surface area contributed by atoms with Crippen molar-refractivity contribution in [2.75, 3.05) is 12.0 Å². The third kappa shape index (κ3) is 9.87. The average Bonchev–Trinajstić information content (AvgIpc) is 2.74. The van der Waals surface area contributed by atoms with E-state index in [1.165, 1.54) is 0 Å². The van der Waals surface area contributed by atoms with Crippen molar-refractivity contribution in [3.63, 3.8) is 0 Å². The molecule has 0 heterocycles. The molecule has 8 heteroatoms. The number of ether oxygens (including phenoxy) is 1. The molecule has 37 heavy (non-hydrogen) atoms. The van der Waals surface area contributed by atoms with Crippen LogP contribution in [0.5, 0.6) is 0 Å². The summed E-state index contributed by atoms with van der Waals surface area (Å²) in [5, 5.41) is 5.91. The third-order valence-corrected chi connectivity index (χ3v) is 6.94. The second-order valence-corrected chi connectivity index (χ2v) is 13.3. The Morgan fingerprint density at radius 2 is 1.62 bits per heavy atom. The number of rotatable bonds is 10. The van der Waals surface area contributed by atoms with Gasteiger partial charge in [0, 0.05) is 11.1 Å². The molecule has 0 fully saturated rings. The minimum atomic E-state index is -0.876. The minimum absolute atomic E-state index is 0.253. The fourth-order valence-corrected chi connectivity index (χ4v) is 4.43. The molecule has 0 aliphatic carbocycles. The Morgan fingerprint density at radius 1 is 1.03 bits per heavy atom. The number of nitrogens with one attached hydrogen (secondary N) is 2. The smallest absolute Gasteiger partial charge is 0.408 e. The first-order valence-corrected chi connectivity index (χ1v) is 14.4. The fourth-order valence-electron chi connectivity index (χ4n) is 3.96. The van der Waals surface area contributed by atoms with Crippen LogP contribution < -0.4 is 10.6 Å². The van der Waals surface area contributed by atoms with Gasteiger partial charge in [-0.25, -0.2) is 4.79 Å². The van der Waals surface area contributed by atoms with Gasteiger partial charge in [-0.05, 0) is 111 Å². The predicted molar refractivity (Wildman–Crippen MR) is 154 cm³/mol. The molecular weight excluding hydrogens is 486 g/mol. The van der Waals surface area contributed by atoms with Crippen LogP contribution in [0.25, 0.3) is 0 Å². The summed E-state index contributed by atoms with van der Waals surface area (Å²) in [6.07, 6.45) is 2.34. The van der Waals surface area contributed by atoms with Crippen LogP contribution in [0.3, 0.4) is 0 Å². The Hall–Kier alpha value is -2.22. The number of alkyl carbamates (subject to hydrolysis) is 1. The molecule has 0 radical (unpaired) electrons. The molecule has 0 aromatic heterocycles. The summed E-state index contributed by atoms with van der Waals surface area (Å²) in [5.41, 5.74) is 0.900. The van der Waals surface area contributed by atoms with E-state index in [9.17, 15) is 14.4 Å². The maximum Gasteiger partial charge on any atom is 0.408 e. The molecule has 1 aromatic rings. The van der Waals surface area contributed by atoms with Gasteiger partial charge in [-0.15, -0.1) is 0 Å². The van der Waals surface area contributed by atoms with Gasteiger partial charge in [-0.3, -0.25) is 9.59 Å². The van der Waals surface area contributed by atoms with Gasteiger partial charge >= 0.3 is 6.09 Å². The highest BCUT2D eigenvalue weighted by atomic mass is 32.2. The zero-order chi connectivity index (χ0) is 28.8. The number of carbonyl (C=O) groups is 3. The van der Waals surface area contributed by atoms with Gasteiger partial charge in [0.2, 0.25) is 11.8 Å². The summed E-state index contributed by atoms with van der Waals surface area (Å²) in [6.45, 7) is 21.0. The van der Waals surface area contributed by atoms with E-state index in [0.29, 0.717) is 18.6 Å². The first-order valence-electron chi connectivity index (χ1n) is 13.0. The van der Waals surface area contributed by atoms with E-state index >= 15 is 0 Å². The second-order valence-electron chi connectivity index (χ2n) is 12.3. The summed E-state index contributed by atoms with van der Waals surface area (Å²) in [5.74, 6) is 0.105. The molecule has 2 unspecified atom stereocenters. The summed E-state index contributed by atoms with van der Waals surface area (Å²) in [7, 11) is 0. The Balaban J connectivity index is 3.74. The lowest BCUT2D eigenvalue weighted by molar-refractivity contribution is -0.150. The quantitative estimate of drug-likeness (QED) is 0.388. The number of hydrogen-bond donors (Lipinski definition) is 2. The van der Waals surface area contributed by atoms with E-state index in [0.717, 1.165) is 16.7 Å². The lowest BCUT2D eigenvalue weighted by atomic mass is 9.88. The Bertz CT molecular complexity index is 947. The van der Waals surface area contributed by atoms with Gasteiger partial charge in [0.05, 0.1) is 0 Å². The number of amides is 3. The van der Waals surface area contributed by atoms with Crippen LogP contribution in [-0.4, -0.2) is 57.5 Å². The Labute approximate surface area is 228 Å². The van der Waals surface area contributed by atoms with Crippen molar-refractivity contribution in [2.24, 2.45) is 0 Å². The number of benzene rings is 1. The molecule has 7 nitrogen and oxygen atoms in total. The van der Waals surface area contributed by atoms with Crippen molar-refractivity contribution in [2.45, 2.75) is 118 Å². The van der Waals surface area contributed by atoms with E-state index in [4.69, 9.17) is 4.74 Å². The molecule has 2 atom stereocenters. The van der Waals surface area contributed by atoms with Crippen LogP contribution in [0, 0.1) is 13.8 Å².